The molecule has 4 nitrogen and oxygen atoms in total. The van der Waals surface area contributed by atoms with E-state index in [-0.39, 0.29) is 0 Å². The van der Waals surface area contributed by atoms with Gasteiger partial charge in [0.2, 0.25) is 0 Å². The average molecular weight is 277 g/mol. The minimum Gasteiger partial charge on any atom is -0.492 e. The van der Waals surface area contributed by atoms with E-state index in [4.69, 9.17) is 4.74 Å². The highest BCUT2D eigenvalue weighted by Gasteiger charge is 2.15. The zero-order valence-electron chi connectivity index (χ0n) is 12.9. The molecule has 0 bridgehead atoms. The van der Waals surface area contributed by atoms with Crippen LogP contribution in [0.25, 0.3) is 0 Å². The number of nitrogens with zero attached hydrogens (tertiary/aromatic N) is 2. The summed E-state index contributed by atoms with van der Waals surface area (Å²) in [6.07, 6.45) is 2.44. The number of rotatable bonds is 6. The van der Waals surface area contributed by atoms with Gasteiger partial charge in [-0.3, -0.25) is 0 Å². The molecule has 0 radical (unpaired) electrons. The summed E-state index contributed by atoms with van der Waals surface area (Å²) in [4.78, 5) is 4.51. The number of hydrogen-bond acceptors (Lipinski definition) is 4. The van der Waals surface area contributed by atoms with Gasteiger partial charge in [0.05, 0.1) is 0 Å². The third-order valence-corrected chi connectivity index (χ3v) is 3.75. The van der Waals surface area contributed by atoms with Crippen molar-refractivity contribution < 1.29 is 4.74 Å². The van der Waals surface area contributed by atoms with Gasteiger partial charge >= 0.3 is 0 Å². The van der Waals surface area contributed by atoms with Crippen LogP contribution in [0, 0.1) is 0 Å². The van der Waals surface area contributed by atoms with Crippen LogP contribution in [0.2, 0.25) is 0 Å². The summed E-state index contributed by atoms with van der Waals surface area (Å²) >= 11 is 0. The number of anilines is 1. The fourth-order valence-electron chi connectivity index (χ4n) is 2.38. The van der Waals surface area contributed by atoms with E-state index in [0.717, 1.165) is 18.9 Å². The fraction of sp³-hybridized carbons (Fsp3) is 0.625. The summed E-state index contributed by atoms with van der Waals surface area (Å²) in [5.74, 6) is 0.945. The van der Waals surface area contributed by atoms with Crippen molar-refractivity contribution >= 4 is 5.69 Å². The molecule has 112 valence electrons. The Labute approximate surface area is 122 Å². The molecule has 20 heavy (non-hydrogen) atoms. The van der Waals surface area contributed by atoms with Gasteiger partial charge in [0.25, 0.3) is 0 Å². The molecule has 0 atom stereocenters. The largest absolute Gasteiger partial charge is 0.492 e. The lowest BCUT2D eigenvalue weighted by atomic mass is 10.1. The van der Waals surface area contributed by atoms with E-state index >= 15 is 0 Å². The highest BCUT2D eigenvalue weighted by molar-refractivity contribution is 5.47. The molecule has 1 aromatic carbocycles. The molecule has 1 aliphatic rings. The Hall–Kier alpha value is -1.26. The van der Waals surface area contributed by atoms with Crippen LogP contribution in [0.4, 0.5) is 5.69 Å². The molecule has 0 saturated carbocycles. The predicted octanol–water partition coefficient (Wildman–Crippen LogP) is 2.13. The summed E-state index contributed by atoms with van der Waals surface area (Å²) < 4.78 is 5.70. The first-order valence-electron chi connectivity index (χ1n) is 7.46. The second-order valence-electron chi connectivity index (χ2n) is 5.90. The average Bonchev–Trinajstić information content (AvgIpc) is 2.43. The molecule has 0 amide bonds. The maximum Gasteiger partial charge on any atom is 0.119 e. The Kier molecular flexibility index (Phi) is 5.68. The van der Waals surface area contributed by atoms with Gasteiger partial charge in [-0.25, -0.2) is 0 Å². The second kappa shape index (κ2) is 7.50. The normalized spacial score (nSPS) is 17.4. The van der Waals surface area contributed by atoms with Gasteiger partial charge in [-0.15, -0.1) is 0 Å². The standard InChI is InChI=1S/C16H27N3O/c1-18(2)12-13-20-16-6-4-14(5-7-16)17-15-8-10-19(3)11-9-15/h4-7,15,17H,8-13H2,1-3H3. The predicted molar refractivity (Wildman–Crippen MR) is 84.6 cm³/mol. The summed E-state index contributed by atoms with van der Waals surface area (Å²) in [5.41, 5.74) is 1.19. The first-order valence-corrected chi connectivity index (χ1v) is 7.46. The van der Waals surface area contributed by atoms with Gasteiger partial charge in [0, 0.05) is 18.3 Å². The lowest BCUT2D eigenvalue weighted by Crippen LogP contribution is -2.36. The quantitative estimate of drug-likeness (QED) is 0.862. The minimum absolute atomic E-state index is 0.603. The molecule has 1 fully saturated rings. The number of hydrogen-bond donors (Lipinski definition) is 1. The number of likely N-dealkylation sites (N-methyl/N-ethyl adjacent to an activating group) is 1. The van der Waals surface area contributed by atoms with Gasteiger partial charge in [-0.1, -0.05) is 0 Å². The highest BCUT2D eigenvalue weighted by atomic mass is 16.5. The first kappa shape index (κ1) is 15.1. The van der Waals surface area contributed by atoms with E-state index in [2.05, 4.69) is 48.4 Å². The van der Waals surface area contributed by atoms with Crippen molar-refractivity contribution in [2.75, 3.05) is 52.7 Å². The van der Waals surface area contributed by atoms with Crippen LogP contribution in [-0.4, -0.2) is 63.2 Å². The Morgan fingerprint density at radius 1 is 1.20 bits per heavy atom. The molecule has 0 unspecified atom stereocenters. The van der Waals surface area contributed by atoms with E-state index in [1.165, 1.54) is 31.6 Å². The van der Waals surface area contributed by atoms with Gasteiger partial charge in [-0.2, -0.15) is 0 Å². The van der Waals surface area contributed by atoms with Crippen molar-refractivity contribution in [3.8, 4) is 5.75 Å². The monoisotopic (exact) mass is 277 g/mol. The summed E-state index contributed by atoms with van der Waals surface area (Å²) in [6, 6.07) is 8.93. The van der Waals surface area contributed by atoms with E-state index in [1.807, 2.05) is 12.1 Å². The maximum atomic E-state index is 5.70. The fourth-order valence-corrected chi connectivity index (χ4v) is 2.38. The number of benzene rings is 1. The van der Waals surface area contributed by atoms with E-state index < -0.39 is 0 Å². The Morgan fingerprint density at radius 2 is 1.85 bits per heavy atom. The summed E-state index contributed by atoms with van der Waals surface area (Å²) in [7, 11) is 6.30. The smallest absolute Gasteiger partial charge is 0.119 e. The highest BCUT2D eigenvalue weighted by Crippen LogP contribution is 2.19. The number of nitrogens with one attached hydrogen (secondary N) is 1. The molecule has 1 heterocycles. The maximum absolute atomic E-state index is 5.70. The molecule has 2 rings (SSSR count). The zero-order valence-corrected chi connectivity index (χ0v) is 12.9. The van der Waals surface area contributed by atoms with Gasteiger partial charge in [0.15, 0.2) is 0 Å². The first-order chi connectivity index (χ1) is 9.63. The SMILES string of the molecule is CN(C)CCOc1ccc(NC2CCN(C)CC2)cc1. The molecule has 0 spiro atoms. The zero-order chi connectivity index (χ0) is 14.4. The van der Waals surface area contributed by atoms with Gasteiger partial charge < -0.3 is 19.9 Å². The van der Waals surface area contributed by atoms with Gasteiger partial charge in [0.1, 0.15) is 12.4 Å². The molecule has 1 N–H and O–H groups in total. The summed E-state index contributed by atoms with van der Waals surface area (Å²) in [6.45, 7) is 4.04. The van der Waals surface area contributed by atoms with Crippen LogP contribution >= 0.6 is 0 Å². The van der Waals surface area contributed by atoms with E-state index in [9.17, 15) is 0 Å². The van der Waals surface area contributed by atoms with Crippen molar-refractivity contribution in [3.05, 3.63) is 24.3 Å². The Morgan fingerprint density at radius 3 is 2.45 bits per heavy atom. The van der Waals surface area contributed by atoms with Crippen molar-refractivity contribution in [2.45, 2.75) is 18.9 Å². The van der Waals surface area contributed by atoms with Crippen molar-refractivity contribution in [3.63, 3.8) is 0 Å². The minimum atomic E-state index is 0.603. The molecule has 4 heteroatoms. The van der Waals surface area contributed by atoms with Crippen LogP contribution < -0.4 is 10.1 Å². The Balaban J connectivity index is 1.76. The van der Waals surface area contributed by atoms with E-state index in [0.29, 0.717) is 6.04 Å². The van der Waals surface area contributed by atoms with Crippen molar-refractivity contribution in [1.82, 2.24) is 9.80 Å². The summed E-state index contributed by atoms with van der Waals surface area (Å²) in [5, 5.41) is 3.61. The number of piperidine rings is 1. The Bertz CT molecular complexity index is 383. The topological polar surface area (TPSA) is 27.7 Å². The molecule has 1 aromatic rings. The van der Waals surface area contributed by atoms with Crippen molar-refractivity contribution in [1.29, 1.82) is 0 Å². The molecule has 0 aromatic heterocycles. The number of ether oxygens (including phenoxy) is 1. The third kappa shape index (κ3) is 5.02. The lowest BCUT2D eigenvalue weighted by Gasteiger charge is -2.30. The van der Waals surface area contributed by atoms with Crippen LogP contribution in [-0.2, 0) is 0 Å². The molecule has 0 aliphatic carbocycles. The van der Waals surface area contributed by atoms with Crippen LogP contribution in [0.3, 0.4) is 0 Å². The van der Waals surface area contributed by atoms with E-state index in [1.54, 1.807) is 0 Å². The van der Waals surface area contributed by atoms with Crippen LogP contribution in [0.1, 0.15) is 12.8 Å². The third-order valence-electron chi connectivity index (χ3n) is 3.75. The second-order valence-corrected chi connectivity index (χ2v) is 5.90. The molecule has 1 aliphatic heterocycles. The molecular weight excluding hydrogens is 250 g/mol. The van der Waals surface area contributed by atoms with Crippen molar-refractivity contribution in [2.24, 2.45) is 0 Å². The lowest BCUT2D eigenvalue weighted by molar-refractivity contribution is 0.261. The van der Waals surface area contributed by atoms with Gasteiger partial charge in [-0.05, 0) is 71.3 Å². The molecule has 1 saturated heterocycles. The van der Waals surface area contributed by atoms with Crippen LogP contribution in [0.5, 0.6) is 5.75 Å². The molecular formula is C16H27N3O. The number of likely N-dealkylation sites (tertiary alicyclic amines) is 1. The van der Waals surface area contributed by atoms with Crippen LogP contribution in [0.15, 0.2) is 24.3 Å².